The number of esters is 1. The number of rotatable bonds is 5. The van der Waals surface area contributed by atoms with Crippen LogP contribution >= 0.6 is 11.3 Å². The maximum atomic E-state index is 12.3. The SMILES string of the molecule is CC(=O)c1ccccc1NC(=O)[C@@H](C)OC(=O)c1ccc2ncsc2c1. The van der Waals surface area contributed by atoms with Crippen molar-refractivity contribution in [3.05, 3.63) is 59.1 Å². The van der Waals surface area contributed by atoms with Crippen LogP contribution in [-0.4, -0.2) is 28.7 Å². The molecule has 0 aliphatic heterocycles. The quantitative estimate of drug-likeness (QED) is 0.548. The van der Waals surface area contributed by atoms with Gasteiger partial charge in [0.05, 0.1) is 27.0 Å². The van der Waals surface area contributed by atoms with Gasteiger partial charge >= 0.3 is 5.97 Å². The van der Waals surface area contributed by atoms with Gasteiger partial charge in [0, 0.05) is 5.56 Å². The van der Waals surface area contributed by atoms with Crippen LogP contribution in [0.3, 0.4) is 0 Å². The van der Waals surface area contributed by atoms with Crippen LogP contribution in [0.4, 0.5) is 5.69 Å². The minimum atomic E-state index is -1.01. The number of carbonyl (C=O) groups is 3. The van der Waals surface area contributed by atoms with E-state index in [9.17, 15) is 14.4 Å². The summed E-state index contributed by atoms with van der Waals surface area (Å²) < 4.78 is 6.11. The Morgan fingerprint density at radius 1 is 1.15 bits per heavy atom. The summed E-state index contributed by atoms with van der Waals surface area (Å²) >= 11 is 1.42. The number of ketones is 1. The van der Waals surface area contributed by atoms with Gasteiger partial charge in [0.1, 0.15) is 0 Å². The van der Waals surface area contributed by atoms with Crippen molar-refractivity contribution in [2.75, 3.05) is 5.32 Å². The zero-order valence-corrected chi connectivity index (χ0v) is 15.0. The number of carbonyl (C=O) groups excluding carboxylic acids is 3. The van der Waals surface area contributed by atoms with Crippen LogP contribution in [0.15, 0.2) is 48.0 Å². The van der Waals surface area contributed by atoms with Gasteiger partial charge in [-0.15, -0.1) is 11.3 Å². The molecular formula is C19H16N2O4S. The predicted octanol–water partition coefficient (Wildman–Crippen LogP) is 3.68. The monoisotopic (exact) mass is 368 g/mol. The van der Waals surface area contributed by atoms with E-state index in [0.29, 0.717) is 16.8 Å². The number of aromatic nitrogens is 1. The van der Waals surface area contributed by atoms with Crippen LogP contribution in [0.1, 0.15) is 34.6 Å². The molecule has 0 aliphatic carbocycles. The van der Waals surface area contributed by atoms with E-state index in [4.69, 9.17) is 4.74 Å². The van der Waals surface area contributed by atoms with Gasteiger partial charge in [0.25, 0.3) is 5.91 Å². The molecule has 132 valence electrons. The lowest BCUT2D eigenvalue weighted by Crippen LogP contribution is -2.30. The third kappa shape index (κ3) is 3.78. The molecule has 6 nitrogen and oxygen atoms in total. The number of amides is 1. The molecule has 26 heavy (non-hydrogen) atoms. The van der Waals surface area contributed by atoms with Crippen LogP contribution in [-0.2, 0) is 9.53 Å². The number of nitrogens with zero attached hydrogens (tertiary/aromatic N) is 1. The lowest BCUT2D eigenvalue weighted by molar-refractivity contribution is -0.123. The molecule has 1 heterocycles. The van der Waals surface area contributed by atoms with E-state index in [1.165, 1.54) is 25.2 Å². The van der Waals surface area contributed by atoms with Gasteiger partial charge < -0.3 is 10.1 Å². The average Bonchev–Trinajstić information content (AvgIpc) is 3.09. The summed E-state index contributed by atoms with van der Waals surface area (Å²) in [5, 5.41) is 2.63. The van der Waals surface area contributed by atoms with E-state index in [-0.39, 0.29) is 5.78 Å². The van der Waals surface area contributed by atoms with Gasteiger partial charge in [-0.25, -0.2) is 9.78 Å². The molecule has 1 N–H and O–H groups in total. The van der Waals surface area contributed by atoms with Crippen LogP contribution in [0, 0.1) is 0 Å². The Labute approximate surface area is 153 Å². The van der Waals surface area contributed by atoms with Crippen molar-refractivity contribution in [1.29, 1.82) is 0 Å². The van der Waals surface area contributed by atoms with Gasteiger partial charge in [-0.05, 0) is 44.2 Å². The van der Waals surface area contributed by atoms with Crippen molar-refractivity contribution in [3.8, 4) is 0 Å². The molecule has 0 saturated carbocycles. The number of anilines is 1. The fourth-order valence-corrected chi connectivity index (χ4v) is 3.11. The van der Waals surface area contributed by atoms with Crippen molar-refractivity contribution in [2.45, 2.75) is 20.0 Å². The maximum absolute atomic E-state index is 12.3. The van der Waals surface area contributed by atoms with Crippen LogP contribution in [0.2, 0.25) is 0 Å². The van der Waals surface area contributed by atoms with E-state index >= 15 is 0 Å². The molecule has 3 rings (SSSR count). The van der Waals surface area contributed by atoms with Gasteiger partial charge in [0.2, 0.25) is 0 Å². The summed E-state index contributed by atoms with van der Waals surface area (Å²) in [6.45, 7) is 2.90. The highest BCUT2D eigenvalue weighted by Gasteiger charge is 2.20. The second kappa shape index (κ2) is 7.45. The first-order valence-corrected chi connectivity index (χ1v) is 8.78. The van der Waals surface area contributed by atoms with E-state index < -0.39 is 18.0 Å². The smallest absolute Gasteiger partial charge is 0.338 e. The Hall–Kier alpha value is -3.06. The van der Waals surface area contributed by atoms with E-state index in [1.807, 2.05) is 0 Å². The number of fused-ring (bicyclic) bond motifs is 1. The Kier molecular flexibility index (Phi) is 5.09. The highest BCUT2D eigenvalue weighted by atomic mass is 32.1. The standard InChI is InChI=1S/C19H16N2O4S/c1-11(22)14-5-3-4-6-15(14)21-18(23)12(2)25-19(24)13-7-8-16-17(9-13)26-10-20-16/h3-10,12H,1-2H3,(H,21,23)/t12-/m1/s1. The second-order valence-electron chi connectivity index (χ2n) is 5.67. The lowest BCUT2D eigenvalue weighted by atomic mass is 10.1. The number of hydrogen-bond acceptors (Lipinski definition) is 6. The Morgan fingerprint density at radius 3 is 2.69 bits per heavy atom. The molecule has 0 aliphatic rings. The molecule has 3 aromatic rings. The summed E-state index contributed by atoms with van der Waals surface area (Å²) in [5.74, 6) is -1.27. The molecule has 1 aromatic heterocycles. The number of hydrogen-bond donors (Lipinski definition) is 1. The topological polar surface area (TPSA) is 85.4 Å². The largest absolute Gasteiger partial charge is 0.449 e. The molecule has 2 aromatic carbocycles. The molecule has 1 amide bonds. The van der Waals surface area contributed by atoms with Gasteiger partial charge in [-0.2, -0.15) is 0 Å². The zero-order valence-electron chi connectivity index (χ0n) is 14.2. The molecule has 0 bridgehead atoms. The summed E-state index contributed by atoms with van der Waals surface area (Å²) in [4.78, 5) is 40.4. The Balaban J connectivity index is 1.69. The lowest BCUT2D eigenvalue weighted by Gasteiger charge is -2.15. The molecule has 0 fully saturated rings. The normalized spacial score (nSPS) is 11.8. The predicted molar refractivity (Wildman–Crippen MR) is 99.6 cm³/mol. The molecule has 7 heteroatoms. The third-order valence-electron chi connectivity index (χ3n) is 3.78. The van der Waals surface area contributed by atoms with Crippen molar-refractivity contribution in [1.82, 2.24) is 4.98 Å². The van der Waals surface area contributed by atoms with Crippen molar-refractivity contribution in [3.63, 3.8) is 0 Å². The molecular weight excluding hydrogens is 352 g/mol. The first-order valence-electron chi connectivity index (χ1n) is 7.91. The van der Waals surface area contributed by atoms with Crippen LogP contribution in [0.25, 0.3) is 10.2 Å². The second-order valence-corrected chi connectivity index (χ2v) is 6.56. The van der Waals surface area contributed by atoms with Crippen LogP contribution < -0.4 is 5.32 Å². The van der Waals surface area contributed by atoms with Crippen molar-refractivity contribution >= 4 is 44.9 Å². The Morgan fingerprint density at radius 2 is 1.92 bits per heavy atom. The van der Waals surface area contributed by atoms with E-state index in [1.54, 1.807) is 48.0 Å². The number of nitrogens with one attached hydrogen (secondary N) is 1. The zero-order chi connectivity index (χ0) is 18.7. The summed E-state index contributed by atoms with van der Waals surface area (Å²) in [6.07, 6.45) is -1.01. The first-order chi connectivity index (χ1) is 12.5. The van der Waals surface area contributed by atoms with Crippen molar-refractivity contribution in [2.24, 2.45) is 0 Å². The summed E-state index contributed by atoms with van der Waals surface area (Å²) in [6, 6.07) is 11.7. The van der Waals surface area contributed by atoms with E-state index in [2.05, 4.69) is 10.3 Å². The van der Waals surface area contributed by atoms with E-state index in [0.717, 1.165) is 10.2 Å². The molecule has 0 radical (unpaired) electrons. The molecule has 0 unspecified atom stereocenters. The summed E-state index contributed by atoms with van der Waals surface area (Å²) in [5.41, 5.74) is 3.64. The minimum absolute atomic E-state index is 0.164. The number of thiazole rings is 1. The number of para-hydroxylation sites is 1. The summed E-state index contributed by atoms with van der Waals surface area (Å²) in [7, 11) is 0. The van der Waals surface area contributed by atoms with Crippen molar-refractivity contribution < 1.29 is 19.1 Å². The number of Topliss-reactive ketones (excluding diaryl/α,β-unsaturated/α-hetero) is 1. The highest BCUT2D eigenvalue weighted by Crippen LogP contribution is 2.20. The Bertz CT molecular complexity index is 996. The van der Waals surface area contributed by atoms with Crippen LogP contribution in [0.5, 0.6) is 0 Å². The maximum Gasteiger partial charge on any atom is 0.338 e. The average molecular weight is 368 g/mol. The fraction of sp³-hybridized carbons (Fsp3) is 0.158. The van der Waals surface area contributed by atoms with Gasteiger partial charge in [-0.3, -0.25) is 9.59 Å². The van der Waals surface area contributed by atoms with Gasteiger partial charge in [0.15, 0.2) is 11.9 Å². The minimum Gasteiger partial charge on any atom is -0.449 e. The highest BCUT2D eigenvalue weighted by molar-refractivity contribution is 7.16. The molecule has 1 atom stereocenters. The fourth-order valence-electron chi connectivity index (χ4n) is 2.40. The number of ether oxygens (including phenoxy) is 1. The third-order valence-corrected chi connectivity index (χ3v) is 4.58. The first kappa shape index (κ1) is 17.8. The molecule has 0 spiro atoms. The number of benzene rings is 2. The van der Waals surface area contributed by atoms with Gasteiger partial charge in [-0.1, -0.05) is 12.1 Å². The molecule has 0 saturated heterocycles.